The van der Waals surface area contributed by atoms with Gasteiger partial charge >= 0.3 is 0 Å². The molecule has 0 aliphatic heterocycles. The molecular weight excluding hydrogens is 1650 g/mol. The van der Waals surface area contributed by atoms with Crippen LogP contribution in [0.2, 0.25) is 0 Å². The van der Waals surface area contributed by atoms with E-state index in [1.54, 1.807) is 5.56 Å². The molecular formula is C137H226. The third-order valence-electron chi connectivity index (χ3n) is 34.5. The second-order valence-corrected chi connectivity index (χ2v) is 48.8. The summed E-state index contributed by atoms with van der Waals surface area (Å²) >= 11 is 0. The lowest BCUT2D eigenvalue weighted by molar-refractivity contribution is 0.357. The Hall–Kier alpha value is -4.94. The zero-order chi connectivity index (χ0) is 99.0. The van der Waals surface area contributed by atoms with E-state index in [-0.39, 0.29) is 44.3 Å². The summed E-state index contributed by atoms with van der Waals surface area (Å²) in [6.45, 7) is 49.2. The summed E-state index contributed by atoms with van der Waals surface area (Å²) in [6, 6.07) is 62.1. The van der Waals surface area contributed by atoms with E-state index in [4.69, 9.17) is 0 Å². The van der Waals surface area contributed by atoms with Gasteiger partial charge in [0.05, 0.1) is 0 Å². The molecule has 774 valence electrons. The summed E-state index contributed by atoms with van der Waals surface area (Å²) in [7, 11) is 0. The Morgan fingerprint density at radius 3 is 0.657 bits per heavy atom. The van der Waals surface area contributed by atoms with Crippen molar-refractivity contribution in [1.82, 2.24) is 0 Å². The van der Waals surface area contributed by atoms with E-state index in [2.05, 4.69) is 277 Å². The monoisotopic (exact) mass is 1870 g/mol. The summed E-state index contributed by atoms with van der Waals surface area (Å²) in [4.78, 5) is 0. The number of benzene rings is 6. The van der Waals surface area contributed by atoms with Gasteiger partial charge in [-0.2, -0.15) is 0 Å². The minimum Gasteiger partial charge on any atom is -0.0985 e. The van der Waals surface area contributed by atoms with E-state index in [1.807, 2.05) is 6.08 Å². The molecule has 0 radical (unpaired) electrons. The van der Waals surface area contributed by atoms with E-state index in [0.717, 1.165) is 12.8 Å². The van der Waals surface area contributed by atoms with Crippen LogP contribution < -0.4 is 0 Å². The highest BCUT2D eigenvalue weighted by atomic mass is 14.4. The molecule has 6 rings (SSSR count). The molecule has 0 aromatic heterocycles. The Kier molecular flexibility index (Phi) is 62.3. The summed E-state index contributed by atoms with van der Waals surface area (Å²) in [5, 5.41) is 0. The normalized spacial score (nSPS) is 13.6. The molecule has 6 aromatic rings. The van der Waals surface area contributed by atoms with Gasteiger partial charge in [0.1, 0.15) is 0 Å². The first kappa shape index (κ1) is 121. The van der Waals surface area contributed by atoms with Crippen LogP contribution in [0.4, 0.5) is 0 Å². The van der Waals surface area contributed by atoms with Crippen molar-refractivity contribution in [3.8, 4) is 0 Å². The van der Waals surface area contributed by atoms with Crippen LogP contribution in [0.25, 0.3) is 6.08 Å². The van der Waals surface area contributed by atoms with E-state index in [9.17, 15) is 0 Å². The summed E-state index contributed by atoms with van der Waals surface area (Å²) < 4.78 is 0. The van der Waals surface area contributed by atoms with E-state index >= 15 is 0 Å². The second-order valence-electron chi connectivity index (χ2n) is 48.8. The maximum Gasteiger partial charge on any atom is -0.00349 e. The molecule has 0 aliphatic rings. The average Bonchev–Trinajstić information content (AvgIpc) is 0.774. The van der Waals surface area contributed by atoms with Gasteiger partial charge in [-0.25, -0.2) is 0 Å². The first-order valence-electron chi connectivity index (χ1n) is 60.6. The van der Waals surface area contributed by atoms with Crippen LogP contribution >= 0.6 is 0 Å². The average molecular weight is 1870 g/mol. The minimum atomic E-state index is -0.123. The fraction of sp³-hybridized carbons (Fsp3) is 0.723. The van der Waals surface area contributed by atoms with Crippen molar-refractivity contribution < 1.29 is 0 Å². The molecule has 0 saturated carbocycles. The van der Waals surface area contributed by atoms with Crippen molar-refractivity contribution in [3.63, 3.8) is 0 Å². The summed E-state index contributed by atoms with van der Waals surface area (Å²) in [6.07, 6.45) is 97.0. The third kappa shape index (κ3) is 47.2. The first-order chi connectivity index (χ1) is 66.3. The summed E-state index contributed by atoms with van der Waals surface area (Å²) in [5.74, 6) is 1.83. The topological polar surface area (TPSA) is 0 Å². The van der Waals surface area contributed by atoms with E-state index < -0.39 is 0 Å². The molecule has 0 heterocycles. The van der Waals surface area contributed by atoms with Crippen molar-refractivity contribution in [3.05, 3.63) is 219 Å². The Labute approximate surface area is 855 Å². The van der Waals surface area contributed by atoms with Crippen LogP contribution in [-0.2, 0) is 32.5 Å². The molecule has 0 amide bonds. The van der Waals surface area contributed by atoms with Crippen LogP contribution in [0.15, 0.2) is 152 Å². The zero-order valence-corrected chi connectivity index (χ0v) is 94.5. The van der Waals surface area contributed by atoms with Crippen LogP contribution in [-0.4, -0.2) is 0 Å². The molecule has 5 atom stereocenters. The highest BCUT2D eigenvalue weighted by molar-refractivity contribution is 5.49. The summed E-state index contributed by atoms with van der Waals surface area (Å²) in [5.41, 5.74) is 18.0. The molecule has 0 aliphatic carbocycles. The molecule has 0 heteroatoms. The lowest BCUT2D eigenvalue weighted by atomic mass is 9.65. The van der Waals surface area contributed by atoms with Crippen LogP contribution in [0.1, 0.15) is 670 Å². The second kappa shape index (κ2) is 70.7. The Morgan fingerprint density at radius 2 is 0.394 bits per heavy atom. The van der Waals surface area contributed by atoms with E-state index in [1.165, 1.54) is 498 Å². The van der Waals surface area contributed by atoms with Crippen molar-refractivity contribution in [2.45, 2.75) is 636 Å². The van der Waals surface area contributed by atoms with Gasteiger partial charge in [-0.3, -0.25) is 0 Å². The fourth-order valence-electron chi connectivity index (χ4n) is 24.2. The molecule has 0 N–H and O–H groups in total. The largest absolute Gasteiger partial charge is 0.0985 e. The van der Waals surface area contributed by atoms with Crippen molar-refractivity contribution in [1.29, 1.82) is 0 Å². The number of hydrogen-bond acceptors (Lipinski definition) is 0. The lowest BCUT2D eigenvalue weighted by Crippen LogP contribution is -2.28. The standard InChI is InChI=1S/C137H226/c1-20-27-33-39-45-51-57-60-66-72-78-83-130(120-93-102-123(103-94-120)133(10,11)112-80-74-68-62-55-49-43-37-31-24-5)136(16,17)126-106-89-118(90-107-126)128(110-97-116(82-76-70-64-58-52-46-40-34-28-21-2)117-87-100-122(101-88-117)132(8,9)111-79-73-67-61-54-48-42-36-30-23-4)129(114-135(14,15)125-98-85-115(26-7)86-99-125)119-91-108-127(109-92-119)137(18,19)131(84-77-71-65-59-53-47-41-35-29-22-3)121-95-104-124(105-96-121)134(12,13)113-81-75-69-63-56-50-44-38-32-25-6/h26,85-96,98-109,116,128-131H,7,20-25,27-84,97,110-114H2,1-6,8-19H3. The highest BCUT2D eigenvalue weighted by Gasteiger charge is 2.39. The fourth-order valence-corrected chi connectivity index (χ4v) is 24.2. The van der Waals surface area contributed by atoms with Gasteiger partial charge in [0.25, 0.3) is 0 Å². The number of hydrogen-bond donors (Lipinski definition) is 0. The molecule has 0 bridgehead atoms. The Morgan fingerprint density at radius 1 is 0.190 bits per heavy atom. The molecule has 0 spiro atoms. The lowest BCUT2D eigenvalue weighted by Gasteiger charge is -2.39. The molecule has 5 unspecified atom stereocenters. The molecule has 6 aromatic carbocycles. The number of rotatable bonds is 87. The predicted molar refractivity (Wildman–Crippen MR) is 618 cm³/mol. The zero-order valence-electron chi connectivity index (χ0n) is 94.5. The molecule has 0 nitrogen and oxygen atoms in total. The van der Waals surface area contributed by atoms with Gasteiger partial charge in [0, 0.05) is 0 Å². The SMILES string of the molecule is C=Cc1ccc(C(C)(C)CC(c2ccc(C(C)(C)C(CCCCCCCCCCCC)c3ccc(C(C)(C)CCCCCCCCCCCC)cc3)cc2)C(CCC(CCCCCCCCCCCC)c2ccc(C(C)(C)CCCCCCCCCCCC)cc2)c2ccc(C(C)(C)C(CCCCCCCCCCCCC)c3ccc(C(C)(C)CCCCCCCCCCCC)cc3)cc2)cc1. The van der Waals surface area contributed by atoms with Gasteiger partial charge < -0.3 is 0 Å². The Bertz CT molecular complexity index is 3840. The van der Waals surface area contributed by atoms with Crippen LogP contribution in [0.3, 0.4) is 0 Å². The minimum absolute atomic E-state index is 0.0918. The molecule has 0 fully saturated rings. The maximum atomic E-state index is 4.26. The van der Waals surface area contributed by atoms with Gasteiger partial charge in [-0.1, -0.05) is 675 Å². The third-order valence-corrected chi connectivity index (χ3v) is 34.5. The highest BCUT2D eigenvalue weighted by Crippen LogP contribution is 2.51. The molecule has 0 saturated heterocycles. The molecule has 137 heavy (non-hydrogen) atoms. The smallest absolute Gasteiger partial charge is 0.00349 e. The Balaban J connectivity index is 1.47. The van der Waals surface area contributed by atoms with Crippen molar-refractivity contribution in [2.75, 3.05) is 0 Å². The van der Waals surface area contributed by atoms with Crippen molar-refractivity contribution in [2.24, 2.45) is 0 Å². The first-order valence-corrected chi connectivity index (χ1v) is 60.6. The van der Waals surface area contributed by atoms with Crippen molar-refractivity contribution >= 4 is 6.08 Å². The van der Waals surface area contributed by atoms with Crippen LogP contribution in [0, 0.1) is 0 Å². The van der Waals surface area contributed by atoms with E-state index in [0.29, 0.717) is 17.8 Å². The van der Waals surface area contributed by atoms with Gasteiger partial charge in [0.2, 0.25) is 0 Å². The predicted octanol–water partition coefficient (Wildman–Crippen LogP) is 46.3. The number of unbranched alkanes of at least 4 members (excludes halogenated alkanes) is 55. The van der Waals surface area contributed by atoms with Gasteiger partial charge in [-0.05, 0) is 187 Å². The van der Waals surface area contributed by atoms with Gasteiger partial charge in [0.15, 0.2) is 0 Å². The maximum absolute atomic E-state index is 4.26. The van der Waals surface area contributed by atoms with Gasteiger partial charge in [-0.15, -0.1) is 0 Å². The van der Waals surface area contributed by atoms with Crippen LogP contribution in [0.5, 0.6) is 0 Å². The quantitative estimate of drug-likeness (QED) is 0.0334.